The summed E-state index contributed by atoms with van der Waals surface area (Å²) in [5.74, 6) is 0.362. The zero-order chi connectivity index (χ0) is 24.0. The Hall–Kier alpha value is -2.49. The van der Waals surface area contributed by atoms with E-state index in [1.54, 1.807) is 6.07 Å². The first-order valence-electron chi connectivity index (χ1n) is 11.8. The number of unbranched alkanes of at least 4 members (excludes halogenated alkanes) is 2. The fraction of sp³-hybridized carbons (Fsp3) is 0.379. The molecule has 0 saturated carbocycles. The van der Waals surface area contributed by atoms with Crippen LogP contribution >= 0.6 is 11.6 Å². The number of aromatic nitrogens is 1. The maximum Gasteiger partial charge on any atom is 0.118 e. The maximum absolute atomic E-state index is 11.2. The summed E-state index contributed by atoms with van der Waals surface area (Å²) in [6.07, 6.45) is 6.68. The number of aliphatic hydroxyl groups is 1. The Bertz CT molecular complexity index is 1130. The monoisotopic (exact) mass is 465 g/mol. The van der Waals surface area contributed by atoms with Gasteiger partial charge in [-0.15, -0.1) is 6.58 Å². The minimum absolute atomic E-state index is 0.362. The molecule has 4 heteroatoms. The summed E-state index contributed by atoms with van der Waals surface area (Å²) >= 11 is 6.33. The smallest absolute Gasteiger partial charge is 0.118 e. The van der Waals surface area contributed by atoms with E-state index in [9.17, 15) is 10.2 Å². The van der Waals surface area contributed by atoms with Crippen molar-refractivity contribution in [1.29, 1.82) is 0 Å². The van der Waals surface area contributed by atoms with Crippen LogP contribution in [-0.4, -0.2) is 14.8 Å². The van der Waals surface area contributed by atoms with E-state index in [4.69, 9.17) is 11.6 Å². The predicted molar refractivity (Wildman–Crippen MR) is 141 cm³/mol. The Labute approximate surface area is 203 Å². The van der Waals surface area contributed by atoms with Crippen LogP contribution in [0.15, 0.2) is 61.2 Å². The van der Waals surface area contributed by atoms with Crippen LogP contribution in [0.5, 0.6) is 5.75 Å². The highest BCUT2D eigenvalue weighted by atomic mass is 35.5. The molecule has 1 unspecified atom stereocenters. The van der Waals surface area contributed by atoms with E-state index in [0.29, 0.717) is 17.2 Å². The van der Waals surface area contributed by atoms with E-state index < -0.39 is 6.10 Å². The van der Waals surface area contributed by atoms with Gasteiger partial charge in [-0.25, -0.2) is 0 Å². The molecule has 0 amide bonds. The number of halogens is 1. The maximum atomic E-state index is 11.2. The van der Waals surface area contributed by atoms with E-state index in [0.717, 1.165) is 78.2 Å². The summed E-state index contributed by atoms with van der Waals surface area (Å²) in [7, 11) is 2.01. The van der Waals surface area contributed by atoms with Crippen molar-refractivity contribution >= 4 is 28.1 Å². The van der Waals surface area contributed by atoms with Crippen molar-refractivity contribution in [3.05, 3.63) is 83.0 Å². The van der Waals surface area contributed by atoms with Crippen LogP contribution in [0.1, 0.15) is 74.8 Å². The SMILES string of the molecule is C=C(C)CCCC(=C)c1c(C(O)CCCCCc2ccccc2O)n(C)c2ccc(Cl)cc12. The first-order chi connectivity index (χ1) is 15.8. The van der Waals surface area contributed by atoms with E-state index >= 15 is 0 Å². The van der Waals surface area contributed by atoms with Crippen LogP contribution < -0.4 is 0 Å². The van der Waals surface area contributed by atoms with Gasteiger partial charge in [-0.05, 0) is 80.9 Å². The van der Waals surface area contributed by atoms with Gasteiger partial charge < -0.3 is 14.8 Å². The summed E-state index contributed by atoms with van der Waals surface area (Å²) in [6.45, 7) is 10.4. The fourth-order valence-electron chi connectivity index (χ4n) is 4.62. The van der Waals surface area contributed by atoms with Crippen molar-refractivity contribution in [2.24, 2.45) is 7.05 Å². The van der Waals surface area contributed by atoms with Crippen LogP contribution in [-0.2, 0) is 13.5 Å². The van der Waals surface area contributed by atoms with Gasteiger partial charge >= 0.3 is 0 Å². The first kappa shape index (κ1) is 25.1. The second kappa shape index (κ2) is 11.6. The van der Waals surface area contributed by atoms with Crippen molar-refractivity contribution < 1.29 is 10.2 Å². The number of phenols is 1. The molecule has 3 rings (SSSR count). The molecule has 33 heavy (non-hydrogen) atoms. The van der Waals surface area contributed by atoms with Crippen molar-refractivity contribution in [3.8, 4) is 5.75 Å². The molecule has 3 aromatic rings. The predicted octanol–water partition coefficient (Wildman–Crippen LogP) is 8.13. The van der Waals surface area contributed by atoms with Crippen molar-refractivity contribution in [2.75, 3.05) is 0 Å². The lowest BCUT2D eigenvalue weighted by Gasteiger charge is -2.17. The molecule has 0 saturated heterocycles. The lowest BCUT2D eigenvalue weighted by atomic mass is 9.94. The third-order valence-electron chi connectivity index (χ3n) is 6.37. The summed E-state index contributed by atoms with van der Waals surface area (Å²) in [6, 6.07) is 13.4. The van der Waals surface area contributed by atoms with E-state index in [2.05, 4.69) is 24.6 Å². The quantitative estimate of drug-likeness (QED) is 0.209. The molecular formula is C29H36ClNO2. The summed E-state index contributed by atoms with van der Waals surface area (Å²) < 4.78 is 2.09. The molecule has 2 aromatic carbocycles. The normalized spacial score (nSPS) is 12.2. The lowest BCUT2D eigenvalue weighted by Crippen LogP contribution is -2.07. The van der Waals surface area contributed by atoms with Gasteiger partial charge in [-0.2, -0.15) is 0 Å². The molecule has 0 bridgehead atoms. The average Bonchev–Trinajstić information content (AvgIpc) is 3.06. The number of aromatic hydroxyl groups is 1. The van der Waals surface area contributed by atoms with Crippen LogP contribution in [0.25, 0.3) is 16.5 Å². The van der Waals surface area contributed by atoms with Gasteiger partial charge in [0.2, 0.25) is 0 Å². The molecule has 0 aliphatic heterocycles. The second-order valence-electron chi connectivity index (χ2n) is 9.14. The molecular weight excluding hydrogens is 430 g/mol. The van der Waals surface area contributed by atoms with Crippen molar-refractivity contribution in [3.63, 3.8) is 0 Å². The molecule has 3 nitrogen and oxygen atoms in total. The highest BCUT2D eigenvalue weighted by Crippen LogP contribution is 2.38. The number of allylic oxidation sites excluding steroid dienone is 2. The molecule has 1 heterocycles. The standard InChI is InChI=1S/C29H36ClNO2/c1-20(2)11-10-12-21(3)28-24-19-23(30)17-18-25(24)31(4)29(28)27(33)16-7-5-6-13-22-14-8-9-15-26(22)32/h8-9,14-15,17-19,27,32-33H,1,3,5-7,10-13,16H2,2,4H3. The van der Waals surface area contributed by atoms with Gasteiger partial charge in [0.1, 0.15) is 5.75 Å². The topological polar surface area (TPSA) is 45.4 Å². The Morgan fingerprint density at radius 1 is 1.03 bits per heavy atom. The van der Waals surface area contributed by atoms with Crippen molar-refractivity contribution in [1.82, 2.24) is 4.57 Å². The van der Waals surface area contributed by atoms with Gasteiger partial charge in [0.25, 0.3) is 0 Å². The second-order valence-corrected chi connectivity index (χ2v) is 9.58. The zero-order valence-corrected chi connectivity index (χ0v) is 20.7. The number of aryl methyl sites for hydroxylation is 2. The number of aliphatic hydroxyl groups excluding tert-OH is 1. The minimum atomic E-state index is -0.570. The number of hydrogen-bond acceptors (Lipinski definition) is 2. The molecule has 0 radical (unpaired) electrons. The number of phenolic OH excluding ortho intramolecular Hbond substituents is 1. The van der Waals surface area contributed by atoms with Gasteiger partial charge in [-0.1, -0.05) is 54.8 Å². The van der Waals surface area contributed by atoms with E-state index in [1.165, 1.54) is 5.57 Å². The number of rotatable bonds is 12. The number of nitrogens with zero attached hydrogens (tertiary/aromatic N) is 1. The zero-order valence-electron chi connectivity index (χ0n) is 19.9. The fourth-order valence-corrected chi connectivity index (χ4v) is 4.79. The summed E-state index contributed by atoms with van der Waals surface area (Å²) in [5, 5.41) is 22.9. The first-order valence-corrected chi connectivity index (χ1v) is 12.2. The molecule has 0 aliphatic rings. The highest BCUT2D eigenvalue weighted by molar-refractivity contribution is 6.31. The van der Waals surface area contributed by atoms with Crippen LogP contribution in [0.3, 0.4) is 0 Å². The number of hydrogen-bond donors (Lipinski definition) is 2. The summed E-state index contributed by atoms with van der Waals surface area (Å²) in [5.41, 5.74) is 6.22. The Morgan fingerprint density at radius 2 is 1.79 bits per heavy atom. The highest BCUT2D eigenvalue weighted by Gasteiger charge is 2.23. The molecule has 1 atom stereocenters. The van der Waals surface area contributed by atoms with Gasteiger partial charge in [-0.3, -0.25) is 0 Å². The average molecular weight is 466 g/mol. The summed E-state index contributed by atoms with van der Waals surface area (Å²) in [4.78, 5) is 0. The third kappa shape index (κ3) is 6.31. The Morgan fingerprint density at radius 3 is 2.52 bits per heavy atom. The number of benzene rings is 2. The Balaban J connectivity index is 1.72. The Kier molecular flexibility index (Phi) is 8.82. The van der Waals surface area contributed by atoms with Crippen LogP contribution in [0.4, 0.5) is 0 Å². The van der Waals surface area contributed by atoms with Crippen LogP contribution in [0, 0.1) is 0 Å². The molecule has 0 fully saturated rings. The van der Waals surface area contributed by atoms with Crippen LogP contribution in [0.2, 0.25) is 5.02 Å². The van der Waals surface area contributed by atoms with E-state index in [-0.39, 0.29) is 0 Å². The van der Waals surface area contributed by atoms with Gasteiger partial charge in [0, 0.05) is 28.5 Å². The number of para-hydroxylation sites is 1. The minimum Gasteiger partial charge on any atom is -0.508 e. The molecule has 2 N–H and O–H groups in total. The molecule has 1 aromatic heterocycles. The largest absolute Gasteiger partial charge is 0.508 e. The molecule has 176 valence electrons. The third-order valence-corrected chi connectivity index (χ3v) is 6.61. The van der Waals surface area contributed by atoms with Gasteiger partial charge in [0.15, 0.2) is 0 Å². The molecule has 0 spiro atoms. The number of fused-ring (bicyclic) bond motifs is 1. The van der Waals surface area contributed by atoms with Crippen molar-refractivity contribution in [2.45, 2.75) is 64.4 Å². The lowest BCUT2D eigenvalue weighted by molar-refractivity contribution is 0.155. The molecule has 0 aliphatic carbocycles. The van der Waals surface area contributed by atoms with Gasteiger partial charge in [0.05, 0.1) is 11.8 Å². The van der Waals surface area contributed by atoms with E-state index in [1.807, 2.05) is 43.4 Å².